The van der Waals surface area contributed by atoms with Crippen LogP contribution >= 0.6 is 11.6 Å². The molecule has 1 fully saturated rings. The number of piperidine rings is 1. The number of rotatable bonds is 4. The summed E-state index contributed by atoms with van der Waals surface area (Å²) in [6, 6.07) is 5.06. The second kappa shape index (κ2) is 9.90. The van der Waals surface area contributed by atoms with E-state index in [0.717, 1.165) is 11.1 Å². The quantitative estimate of drug-likeness (QED) is 0.699. The van der Waals surface area contributed by atoms with Crippen molar-refractivity contribution in [3.63, 3.8) is 0 Å². The van der Waals surface area contributed by atoms with Gasteiger partial charge in [-0.2, -0.15) is 0 Å². The second-order valence-electron chi connectivity index (χ2n) is 7.40. The number of likely N-dealkylation sites (tertiary alicyclic amines) is 1. The van der Waals surface area contributed by atoms with E-state index < -0.39 is 23.4 Å². The van der Waals surface area contributed by atoms with Crippen molar-refractivity contribution in [3.8, 4) is 5.88 Å². The SMILES string of the molecule is CN(C)C(=O)C(=O)Nc1ccc(Cl)c(C(=O)N2CCC(Oc3ncc(F)cc3F)CC2)c1. The average Bonchev–Trinajstić information content (AvgIpc) is 2.76. The van der Waals surface area contributed by atoms with E-state index >= 15 is 0 Å². The third kappa shape index (κ3) is 5.50. The van der Waals surface area contributed by atoms with Crippen LogP contribution in [0.4, 0.5) is 14.5 Å². The number of hydrogen-bond donors (Lipinski definition) is 1. The first-order valence-electron chi connectivity index (χ1n) is 9.75. The summed E-state index contributed by atoms with van der Waals surface area (Å²) in [5.74, 6) is -3.89. The summed E-state index contributed by atoms with van der Waals surface area (Å²) in [6.45, 7) is 0.636. The summed E-state index contributed by atoms with van der Waals surface area (Å²) in [5, 5.41) is 2.64. The lowest BCUT2D eigenvalue weighted by Gasteiger charge is -2.32. The fraction of sp³-hybridized carbons (Fsp3) is 0.333. The highest BCUT2D eigenvalue weighted by Crippen LogP contribution is 2.25. The topological polar surface area (TPSA) is 91.8 Å². The predicted molar refractivity (Wildman–Crippen MR) is 112 cm³/mol. The molecular formula is C21H21ClF2N4O4. The number of anilines is 1. The highest BCUT2D eigenvalue weighted by atomic mass is 35.5. The molecule has 170 valence electrons. The summed E-state index contributed by atoms with van der Waals surface area (Å²) in [6.07, 6.45) is 1.31. The molecule has 3 amide bonds. The third-order valence-corrected chi connectivity index (χ3v) is 5.17. The second-order valence-corrected chi connectivity index (χ2v) is 7.81. The Morgan fingerprint density at radius 2 is 1.88 bits per heavy atom. The molecule has 0 saturated carbocycles. The molecule has 0 unspecified atom stereocenters. The molecule has 1 saturated heterocycles. The van der Waals surface area contributed by atoms with Crippen molar-refractivity contribution in [3.05, 3.63) is 52.7 Å². The van der Waals surface area contributed by atoms with Gasteiger partial charge in [-0.25, -0.2) is 13.8 Å². The molecule has 1 aromatic carbocycles. The zero-order valence-electron chi connectivity index (χ0n) is 17.4. The van der Waals surface area contributed by atoms with Crippen molar-refractivity contribution in [1.82, 2.24) is 14.8 Å². The van der Waals surface area contributed by atoms with E-state index in [9.17, 15) is 23.2 Å². The first-order chi connectivity index (χ1) is 15.2. The Kier molecular flexibility index (Phi) is 7.24. The van der Waals surface area contributed by atoms with Crippen LogP contribution in [0.5, 0.6) is 5.88 Å². The van der Waals surface area contributed by atoms with E-state index in [4.69, 9.17) is 16.3 Å². The number of pyridine rings is 1. The van der Waals surface area contributed by atoms with Gasteiger partial charge in [0.1, 0.15) is 11.9 Å². The number of likely N-dealkylation sites (N-methyl/N-ethyl adjacent to an activating group) is 1. The predicted octanol–water partition coefficient (Wildman–Crippen LogP) is 2.72. The number of hydrogen-bond acceptors (Lipinski definition) is 5. The van der Waals surface area contributed by atoms with Crippen LogP contribution in [0, 0.1) is 11.6 Å². The molecule has 2 heterocycles. The molecule has 8 nitrogen and oxygen atoms in total. The van der Waals surface area contributed by atoms with Crippen LogP contribution in [-0.4, -0.2) is 65.8 Å². The van der Waals surface area contributed by atoms with Gasteiger partial charge in [0.05, 0.1) is 16.8 Å². The molecule has 0 radical (unpaired) electrons. The van der Waals surface area contributed by atoms with Crippen molar-refractivity contribution in [1.29, 1.82) is 0 Å². The van der Waals surface area contributed by atoms with Crippen LogP contribution in [0.2, 0.25) is 5.02 Å². The minimum atomic E-state index is -0.887. The van der Waals surface area contributed by atoms with Crippen molar-refractivity contribution < 1.29 is 27.9 Å². The first kappa shape index (κ1) is 23.4. The smallest absolute Gasteiger partial charge is 0.313 e. The summed E-state index contributed by atoms with van der Waals surface area (Å²) < 4.78 is 32.2. The van der Waals surface area contributed by atoms with Crippen molar-refractivity contribution in [2.45, 2.75) is 18.9 Å². The molecule has 1 aliphatic rings. The molecule has 0 bridgehead atoms. The number of carbonyl (C=O) groups is 3. The number of benzene rings is 1. The Labute approximate surface area is 188 Å². The largest absolute Gasteiger partial charge is 0.472 e. The molecule has 0 atom stereocenters. The Morgan fingerprint density at radius 3 is 2.50 bits per heavy atom. The lowest BCUT2D eigenvalue weighted by Crippen LogP contribution is -2.42. The van der Waals surface area contributed by atoms with Crippen LogP contribution in [0.1, 0.15) is 23.2 Å². The Morgan fingerprint density at radius 1 is 1.19 bits per heavy atom. The van der Waals surface area contributed by atoms with Crippen molar-refractivity contribution in [2.24, 2.45) is 0 Å². The van der Waals surface area contributed by atoms with Gasteiger partial charge in [0.25, 0.3) is 11.8 Å². The monoisotopic (exact) mass is 466 g/mol. The molecule has 11 heteroatoms. The number of aromatic nitrogens is 1. The van der Waals surface area contributed by atoms with E-state index in [2.05, 4.69) is 10.3 Å². The molecule has 1 aromatic heterocycles. The van der Waals surface area contributed by atoms with Crippen molar-refractivity contribution >= 4 is 35.0 Å². The third-order valence-electron chi connectivity index (χ3n) is 4.84. The van der Waals surface area contributed by atoms with Gasteiger partial charge in [0, 0.05) is 51.8 Å². The Bertz CT molecular complexity index is 1040. The summed E-state index contributed by atoms with van der Waals surface area (Å²) >= 11 is 6.19. The van der Waals surface area contributed by atoms with Crippen molar-refractivity contribution in [2.75, 3.05) is 32.5 Å². The average molecular weight is 467 g/mol. The summed E-state index contributed by atoms with van der Waals surface area (Å²) in [4.78, 5) is 43.0. The standard InChI is InChI=1S/C21H21ClF2N4O4/c1-27(2)21(31)18(29)26-13-3-4-16(22)15(10-13)20(30)28-7-5-14(6-8-28)32-19-17(24)9-12(23)11-25-19/h3-4,9-11,14H,5-8H2,1-2H3,(H,26,29). The lowest BCUT2D eigenvalue weighted by atomic mass is 10.1. The van der Waals surface area contributed by atoms with Gasteiger partial charge >= 0.3 is 11.8 Å². The number of halogens is 3. The molecule has 1 N–H and O–H groups in total. The Hall–Kier alpha value is -3.27. The van der Waals surface area contributed by atoms with Gasteiger partial charge in [-0.1, -0.05) is 11.6 Å². The summed E-state index contributed by atoms with van der Waals surface area (Å²) in [5.41, 5.74) is 0.432. The highest BCUT2D eigenvalue weighted by Gasteiger charge is 2.27. The zero-order chi connectivity index (χ0) is 23.4. The van der Waals surface area contributed by atoms with Gasteiger partial charge in [0.15, 0.2) is 5.82 Å². The van der Waals surface area contributed by atoms with E-state index in [1.165, 1.54) is 32.3 Å². The van der Waals surface area contributed by atoms with Crippen LogP contribution in [0.3, 0.4) is 0 Å². The minimum absolute atomic E-state index is 0.174. The first-order valence-corrected chi connectivity index (χ1v) is 10.1. The van der Waals surface area contributed by atoms with Crippen LogP contribution in [0.25, 0.3) is 0 Å². The maximum absolute atomic E-state index is 13.7. The number of amides is 3. The molecular weight excluding hydrogens is 446 g/mol. The van der Waals surface area contributed by atoms with Gasteiger partial charge in [-0.3, -0.25) is 14.4 Å². The summed E-state index contributed by atoms with van der Waals surface area (Å²) in [7, 11) is 2.90. The van der Waals surface area contributed by atoms with E-state index in [0.29, 0.717) is 32.0 Å². The normalized spacial score (nSPS) is 14.1. The van der Waals surface area contributed by atoms with Gasteiger partial charge in [0.2, 0.25) is 0 Å². The van der Waals surface area contributed by atoms with Gasteiger partial charge in [-0.15, -0.1) is 0 Å². The van der Waals surface area contributed by atoms with Crippen LogP contribution in [0.15, 0.2) is 30.5 Å². The Balaban J connectivity index is 1.63. The molecule has 0 aliphatic carbocycles. The number of nitrogens with zero attached hydrogens (tertiary/aromatic N) is 3. The molecule has 1 aliphatic heterocycles. The van der Waals surface area contributed by atoms with Gasteiger partial charge in [-0.05, 0) is 18.2 Å². The van der Waals surface area contributed by atoms with Gasteiger partial charge < -0.3 is 19.9 Å². The number of ether oxygens (including phenoxy) is 1. The molecule has 2 aromatic rings. The minimum Gasteiger partial charge on any atom is -0.472 e. The van der Waals surface area contributed by atoms with Crippen LogP contribution in [-0.2, 0) is 9.59 Å². The lowest BCUT2D eigenvalue weighted by molar-refractivity contribution is -0.141. The van der Waals surface area contributed by atoms with E-state index in [-0.39, 0.29) is 34.2 Å². The molecule has 3 rings (SSSR count). The number of nitrogens with one attached hydrogen (secondary N) is 1. The zero-order valence-corrected chi connectivity index (χ0v) is 18.2. The highest BCUT2D eigenvalue weighted by molar-refractivity contribution is 6.39. The van der Waals surface area contributed by atoms with Crippen LogP contribution < -0.4 is 10.1 Å². The van der Waals surface area contributed by atoms with E-state index in [1.807, 2.05) is 0 Å². The fourth-order valence-corrected chi connectivity index (χ4v) is 3.35. The fourth-order valence-electron chi connectivity index (χ4n) is 3.15. The maximum Gasteiger partial charge on any atom is 0.313 e. The molecule has 32 heavy (non-hydrogen) atoms. The maximum atomic E-state index is 13.7. The molecule has 0 spiro atoms. The number of carbonyl (C=O) groups excluding carboxylic acids is 3. The van der Waals surface area contributed by atoms with E-state index in [1.54, 1.807) is 4.90 Å².